The fourth-order valence-corrected chi connectivity index (χ4v) is 3.35. The van der Waals surface area contributed by atoms with Crippen LogP contribution in [0.15, 0.2) is 53.0 Å². The van der Waals surface area contributed by atoms with E-state index in [1.165, 1.54) is 26.9 Å². The Morgan fingerprint density at radius 3 is 2.05 bits per heavy atom. The maximum atomic E-state index is 11.2. The van der Waals surface area contributed by atoms with Crippen LogP contribution in [0, 0.1) is 0 Å². The number of aldehydes is 1. The number of hydrogen-bond donors (Lipinski definition) is 0. The van der Waals surface area contributed by atoms with Gasteiger partial charge in [-0.15, -0.1) is 0 Å². The summed E-state index contributed by atoms with van der Waals surface area (Å²) in [6, 6.07) is 16.5. The quantitative estimate of drug-likeness (QED) is 0.351. The van der Waals surface area contributed by atoms with Gasteiger partial charge in [-0.05, 0) is 38.4 Å². The molecule has 0 unspecified atom stereocenters. The van der Waals surface area contributed by atoms with E-state index in [0.29, 0.717) is 0 Å². The molecule has 1 nitrogen and oxygen atoms in total. The van der Waals surface area contributed by atoms with Crippen molar-refractivity contribution < 1.29 is 4.79 Å². The highest BCUT2D eigenvalue weighted by molar-refractivity contribution is 9.10. The SMILES string of the molecule is O=Cc1ccc2ccc3ccc(Br)c4ccc1c2c34. The Balaban J connectivity index is 2.43. The van der Waals surface area contributed by atoms with Gasteiger partial charge in [0.1, 0.15) is 0 Å². The van der Waals surface area contributed by atoms with Crippen molar-refractivity contribution in [1.29, 1.82) is 0 Å². The van der Waals surface area contributed by atoms with Crippen LogP contribution in [0.5, 0.6) is 0 Å². The summed E-state index contributed by atoms with van der Waals surface area (Å²) in [7, 11) is 0. The van der Waals surface area contributed by atoms with Crippen molar-refractivity contribution in [3.05, 3.63) is 58.6 Å². The molecule has 19 heavy (non-hydrogen) atoms. The number of carbonyl (C=O) groups is 1. The minimum absolute atomic E-state index is 0.752. The molecule has 0 saturated heterocycles. The third-order valence-corrected chi connectivity index (χ3v) is 4.46. The third-order valence-electron chi connectivity index (χ3n) is 3.77. The second-order valence-electron chi connectivity index (χ2n) is 4.74. The van der Waals surface area contributed by atoms with Gasteiger partial charge in [0.25, 0.3) is 0 Å². The second kappa shape index (κ2) is 3.78. The summed E-state index contributed by atoms with van der Waals surface area (Å²) >= 11 is 3.61. The molecule has 0 bridgehead atoms. The first-order valence-electron chi connectivity index (χ1n) is 6.11. The summed E-state index contributed by atoms with van der Waals surface area (Å²) in [6.45, 7) is 0. The Morgan fingerprint density at radius 2 is 1.32 bits per heavy atom. The number of carbonyl (C=O) groups excluding carboxylic acids is 1. The minimum atomic E-state index is 0.752. The Morgan fingerprint density at radius 1 is 0.737 bits per heavy atom. The van der Waals surface area contributed by atoms with E-state index in [2.05, 4.69) is 46.3 Å². The molecule has 4 aromatic carbocycles. The third kappa shape index (κ3) is 1.38. The predicted molar refractivity (Wildman–Crippen MR) is 83.2 cm³/mol. The molecule has 0 fully saturated rings. The summed E-state index contributed by atoms with van der Waals surface area (Å²) < 4.78 is 1.09. The van der Waals surface area contributed by atoms with Gasteiger partial charge in [-0.1, -0.05) is 58.4 Å². The maximum Gasteiger partial charge on any atom is 0.150 e. The molecule has 2 heteroatoms. The highest BCUT2D eigenvalue weighted by Gasteiger charge is 2.11. The Hall–Kier alpha value is -1.93. The monoisotopic (exact) mass is 308 g/mol. The van der Waals surface area contributed by atoms with Crippen molar-refractivity contribution in [3.8, 4) is 0 Å². The van der Waals surface area contributed by atoms with Gasteiger partial charge in [-0.25, -0.2) is 0 Å². The van der Waals surface area contributed by atoms with Gasteiger partial charge in [-0.3, -0.25) is 4.79 Å². The highest BCUT2D eigenvalue weighted by Crippen LogP contribution is 2.38. The van der Waals surface area contributed by atoms with Crippen molar-refractivity contribution in [1.82, 2.24) is 0 Å². The van der Waals surface area contributed by atoms with Crippen molar-refractivity contribution in [2.45, 2.75) is 0 Å². The van der Waals surface area contributed by atoms with Crippen LogP contribution in [0.2, 0.25) is 0 Å². The van der Waals surface area contributed by atoms with Gasteiger partial charge in [-0.2, -0.15) is 0 Å². The lowest BCUT2D eigenvalue weighted by Gasteiger charge is -2.12. The number of benzene rings is 4. The molecule has 0 saturated carbocycles. The van der Waals surface area contributed by atoms with Gasteiger partial charge in [0.2, 0.25) is 0 Å². The molecule has 0 aliphatic rings. The predicted octanol–water partition coefficient (Wildman–Crippen LogP) is 5.16. The molecule has 0 aliphatic carbocycles. The van der Waals surface area contributed by atoms with E-state index in [0.717, 1.165) is 21.7 Å². The minimum Gasteiger partial charge on any atom is -0.298 e. The first kappa shape index (κ1) is 10.9. The average Bonchev–Trinajstić information content (AvgIpc) is 2.46. The first-order chi connectivity index (χ1) is 9.29. The number of rotatable bonds is 1. The van der Waals surface area contributed by atoms with Gasteiger partial charge in [0, 0.05) is 10.0 Å². The Bertz CT molecular complexity index is 940. The van der Waals surface area contributed by atoms with Crippen molar-refractivity contribution in [2.75, 3.05) is 0 Å². The second-order valence-corrected chi connectivity index (χ2v) is 5.60. The van der Waals surface area contributed by atoms with E-state index in [1.807, 2.05) is 18.2 Å². The van der Waals surface area contributed by atoms with Crippen LogP contribution in [0.25, 0.3) is 32.3 Å². The van der Waals surface area contributed by atoms with Crippen molar-refractivity contribution >= 4 is 54.5 Å². The normalized spacial score (nSPS) is 11.6. The summed E-state index contributed by atoms with van der Waals surface area (Å²) in [4.78, 5) is 11.2. The largest absolute Gasteiger partial charge is 0.298 e. The van der Waals surface area contributed by atoms with Crippen LogP contribution in [0.3, 0.4) is 0 Å². The van der Waals surface area contributed by atoms with E-state index < -0.39 is 0 Å². The molecule has 4 rings (SSSR count). The fourth-order valence-electron chi connectivity index (χ4n) is 2.89. The Kier molecular flexibility index (Phi) is 2.18. The molecule has 0 heterocycles. The van der Waals surface area contributed by atoms with Gasteiger partial charge >= 0.3 is 0 Å². The fraction of sp³-hybridized carbons (Fsp3) is 0. The summed E-state index contributed by atoms with van der Waals surface area (Å²) in [5.41, 5.74) is 0.752. The Labute approximate surface area is 118 Å². The summed E-state index contributed by atoms with van der Waals surface area (Å²) in [6.07, 6.45) is 0.931. The zero-order valence-corrected chi connectivity index (χ0v) is 11.6. The molecule has 90 valence electrons. The smallest absolute Gasteiger partial charge is 0.150 e. The molecular weight excluding hydrogens is 300 g/mol. The van der Waals surface area contributed by atoms with Crippen molar-refractivity contribution in [3.63, 3.8) is 0 Å². The molecule has 0 amide bonds. The van der Waals surface area contributed by atoms with Crippen LogP contribution in [-0.4, -0.2) is 6.29 Å². The highest BCUT2D eigenvalue weighted by atomic mass is 79.9. The van der Waals surface area contributed by atoms with Gasteiger partial charge in [0.05, 0.1) is 0 Å². The first-order valence-corrected chi connectivity index (χ1v) is 6.90. The zero-order valence-electron chi connectivity index (χ0n) is 9.98. The van der Waals surface area contributed by atoms with Crippen LogP contribution in [-0.2, 0) is 0 Å². The zero-order chi connectivity index (χ0) is 13.0. The molecule has 0 radical (unpaired) electrons. The van der Waals surface area contributed by atoms with E-state index in [1.54, 1.807) is 0 Å². The lowest BCUT2D eigenvalue weighted by molar-refractivity contribution is 0.112. The molecule has 0 atom stereocenters. The molecule has 0 N–H and O–H groups in total. The van der Waals surface area contributed by atoms with Crippen LogP contribution >= 0.6 is 15.9 Å². The van der Waals surface area contributed by atoms with E-state index in [-0.39, 0.29) is 0 Å². The van der Waals surface area contributed by atoms with Gasteiger partial charge < -0.3 is 0 Å². The maximum absolute atomic E-state index is 11.2. The molecule has 0 aliphatic heterocycles. The lowest BCUT2D eigenvalue weighted by atomic mass is 9.92. The van der Waals surface area contributed by atoms with Crippen LogP contribution in [0.1, 0.15) is 10.4 Å². The molecule has 4 aromatic rings. The van der Waals surface area contributed by atoms with E-state index in [4.69, 9.17) is 0 Å². The summed E-state index contributed by atoms with van der Waals surface area (Å²) in [5.74, 6) is 0. The summed E-state index contributed by atoms with van der Waals surface area (Å²) in [5, 5.41) is 7.02. The number of hydrogen-bond acceptors (Lipinski definition) is 1. The topological polar surface area (TPSA) is 17.1 Å². The van der Waals surface area contributed by atoms with Crippen molar-refractivity contribution in [2.24, 2.45) is 0 Å². The van der Waals surface area contributed by atoms with Crippen LogP contribution in [0.4, 0.5) is 0 Å². The average molecular weight is 309 g/mol. The molecule has 0 aromatic heterocycles. The van der Waals surface area contributed by atoms with Gasteiger partial charge in [0.15, 0.2) is 6.29 Å². The van der Waals surface area contributed by atoms with E-state index >= 15 is 0 Å². The van der Waals surface area contributed by atoms with E-state index in [9.17, 15) is 4.79 Å². The molecular formula is C17H9BrO. The number of halogens is 1. The molecule has 0 spiro atoms. The lowest BCUT2D eigenvalue weighted by Crippen LogP contribution is -1.88. The van der Waals surface area contributed by atoms with Crippen LogP contribution < -0.4 is 0 Å². The standard InChI is InChI=1S/C17H9BrO/c18-15-8-5-11-2-1-10-3-4-12(9-19)13-6-7-14(15)17(11)16(10)13/h1-9H.